The van der Waals surface area contributed by atoms with Gasteiger partial charge in [-0.1, -0.05) is 41.4 Å². The summed E-state index contributed by atoms with van der Waals surface area (Å²) in [5.41, 5.74) is 1.03. The normalized spacial score (nSPS) is 22.9. The molecule has 0 radical (unpaired) electrons. The van der Waals surface area contributed by atoms with Crippen LogP contribution < -0.4 is 5.32 Å². The standard InChI is InChI=1S/C28H32ClN3O5/c1-19-8-10-20(11-9-19)26(34)32-24(25(33)30-17-21-5-4-16-36-21)18-37-28(32)12-14-31(15-13-28)27(35)22-6-2-3-7-23(22)29/h2-3,6-11,21,24H,4-5,12-18H2,1H3,(H,30,33)/t21-,24-/m1/s1. The van der Waals surface area contributed by atoms with Gasteiger partial charge in [0.15, 0.2) is 0 Å². The molecule has 8 nitrogen and oxygen atoms in total. The summed E-state index contributed by atoms with van der Waals surface area (Å²) in [4.78, 5) is 43.6. The molecule has 3 fully saturated rings. The van der Waals surface area contributed by atoms with Crippen molar-refractivity contribution in [3.05, 3.63) is 70.2 Å². The molecule has 2 atom stereocenters. The molecule has 37 heavy (non-hydrogen) atoms. The molecule has 3 amide bonds. The van der Waals surface area contributed by atoms with Gasteiger partial charge < -0.3 is 19.7 Å². The molecule has 0 bridgehead atoms. The van der Waals surface area contributed by atoms with Crippen molar-refractivity contribution < 1.29 is 23.9 Å². The number of hydrogen-bond donors (Lipinski definition) is 1. The van der Waals surface area contributed by atoms with Crippen molar-refractivity contribution in [2.24, 2.45) is 0 Å². The quantitative estimate of drug-likeness (QED) is 0.646. The number of likely N-dealkylation sites (tertiary alicyclic amines) is 1. The number of piperidine rings is 1. The van der Waals surface area contributed by atoms with Crippen molar-refractivity contribution in [1.82, 2.24) is 15.1 Å². The van der Waals surface area contributed by atoms with E-state index in [0.717, 1.165) is 18.4 Å². The fourth-order valence-corrected chi connectivity index (χ4v) is 5.62. The second kappa shape index (κ2) is 10.8. The highest BCUT2D eigenvalue weighted by atomic mass is 35.5. The molecule has 3 aliphatic rings. The third kappa shape index (κ3) is 5.23. The van der Waals surface area contributed by atoms with E-state index in [1.807, 2.05) is 19.1 Å². The number of nitrogens with zero attached hydrogens (tertiary/aromatic N) is 2. The molecule has 3 aliphatic heterocycles. The third-order valence-electron chi connectivity index (χ3n) is 7.54. The Morgan fingerprint density at radius 2 is 1.78 bits per heavy atom. The molecule has 1 spiro atoms. The molecule has 0 unspecified atom stereocenters. The number of rotatable bonds is 5. The Hall–Kier alpha value is -2.94. The lowest BCUT2D eigenvalue weighted by Crippen LogP contribution is -2.60. The average molecular weight is 526 g/mol. The number of ether oxygens (including phenoxy) is 2. The zero-order valence-corrected chi connectivity index (χ0v) is 21.7. The Morgan fingerprint density at radius 1 is 1.05 bits per heavy atom. The van der Waals surface area contributed by atoms with Crippen molar-refractivity contribution in [3.8, 4) is 0 Å². The SMILES string of the molecule is Cc1ccc(C(=O)N2[C@@H](C(=O)NC[C@H]3CCCO3)COC23CCN(C(=O)c2ccccc2Cl)CC3)cc1. The van der Waals surface area contributed by atoms with Crippen LogP contribution in [0.5, 0.6) is 0 Å². The summed E-state index contributed by atoms with van der Waals surface area (Å²) in [6.45, 7) is 3.94. The number of nitrogens with one attached hydrogen (secondary N) is 1. The van der Waals surface area contributed by atoms with E-state index in [1.165, 1.54) is 0 Å². The van der Waals surface area contributed by atoms with Crippen LogP contribution in [0.3, 0.4) is 0 Å². The third-order valence-corrected chi connectivity index (χ3v) is 7.87. The van der Waals surface area contributed by atoms with Gasteiger partial charge in [0.05, 0.1) is 23.3 Å². The van der Waals surface area contributed by atoms with E-state index in [2.05, 4.69) is 5.32 Å². The predicted octanol–water partition coefficient (Wildman–Crippen LogP) is 3.42. The number of aryl methyl sites for hydroxylation is 1. The minimum Gasteiger partial charge on any atom is -0.376 e. The topological polar surface area (TPSA) is 88.2 Å². The Morgan fingerprint density at radius 3 is 2.46 bits per heavy atom. The minimum absolute atomic E-state index is 0.000503. The Balaban J connectivity index is 1.35. The Labute approximate surface area is 221 Å². The van der Waals surface area contributed by atoms with Crippen LogP contribution in [-0.2, 0) is 14.3 Å². The Kier molecular flexibility index (Phi) is 7.51. The lowest BCUT2D eigenvalue weighted by Gasteiger charge is -2.44. The molecule has 1 N–H and O–H groups in total. The van der Waals surface area contributed by atoms with Crippen LogP contribution in [0.4, 0.5) is 0 Å². The molecule has 9 heteroatoms. The number of hydrogen-bond acceptors (Lipinski definition) is 5. The van der Waals surface area contributed by atoms with E-state index in [-0.39, 0.29) is 30.4 Å². The van der Waals surface area contributed by atoms with Gasteiger partial charge >= 0.3 is 0 Å². The molecule has 5 rings (SSSR count). The van der Waals surface area contributed by atoms with Crippen LogP contribution >= 0.6 is 11.6 Å². The van der Waals surface area contributed by atoms with Gasteiger partial charge in [-0.05, 0) is 44.0 Å². The number of halogens is 1. The first-order valence-corrected chi connectivity index (χ1v) is 13.2. The first-order valence-electron chi connectivity index (χ1n) is 12.9. The van der Waals surface area contributed by atoms with Gasteiger partial charge in [0.2, 0.25) is 5.91 Å². The number of carbonyl (C=O) groups excluding carboxylic acids is 3. The van der Waals surface area contributed by atoms with Crippen LogP contribution in [0.15, 0.2) is 48.5 Å². The van der Waals surface area contributed by atoms with Crippen molar-refractivity contribution in [2.45, 2.75) is 50.5 Å². The van der Waals surface area contributed by atoms with Crippen LogP contribution in [0.2, 0.25) is 5.02 Å². The van der Waals surface area contributed by atoms with Crippen LogP contribution in [0.1, 0.15) is 52.0 Å². The lowest BCUT2D eigenvalue weighted by atomic mass is 9.96. The monoisotopic (exact) mass is 525 g/mol. The van der Waals surface area contributed by atoms with Gasteiger partial charge in [0.1, 0.15) is 11.8 Å². The first-order chi connectivity index (χ1) is 17.9. The average Bonchev–Trinajstić information content (AvgIpc) is 3.56. The summed E-state index contributed by atoms with van der Waals surface area (Å²) in [7, 11) is 0. The lowest BCUT2D eigenvalue weighted by molar-refractivity contribution is -0.128. The maximum absolute atomic E-state index is 13.8. The maximum Gasteiger partial charge on any atom is 0.256 e. The fraction of sp³-hybridized carbons (Fsp3) is 0.464. The van der Waals surface area contributed by atoms with E-state index in [9.17, 15) is 14.4 Å². The summed E-state index contributed by atoms with van der Waals surface area (Å²) >= 11 is 6.25. The second-order valence-electron chi connectivity index (χ2n) is 9.97. The smallest absolute Gasteiger partial charge is 0.256 e. The van der Waals surface area contributed by atoms with Gasteiger partial charge in [-0.25, -0.2) is 0 Å². The minimum atomic E-state index is -0.967. The summed E-state index contributed by atoms with van der Waals surface area (Å²) in [5.74, 6) is -0.649. The molecular weight excluding hydrogens is 494 g/mol. The van der Waals surface area contributed by atoms with E-state index in [4.69, 9.17) is 21.1 Å². The number of benzene rings is 2. The number of carbonyl (C=O) groups is 3. The highest BCUT2D eigenvalue weighted by Crippen LogP contribution is 2.39. The molecule has 3 saturated heterocycles. The molecule has 0 saturated carbocycles. The van der Waals surface area contributed by atoms with Gasteiger partial charge in [0.25, 0.3) is 11.8 Å². The van der Waals surface area contributed by atoms with Gasteiger partial charge in [-0.2, -0.15) is 0 Å². The summed E-state index contributed by atoms with van der Waals surface area (Å²) < 4.78 is 11.9. The van der Waals surface area contributed by atoms with E-state index in [1.54, 1.807) is 46.2 Å². The summed E-state index contributed by atoms with van der Waals surface area (Å²) in [5, 5.41) is 3.38. The van der Waals surface area contributed by atoms with Crippen molar-refractivity contribution in [1.29, 1.82) is 0 Å². The van der Waals surface area contributed by atoms with Crippen LogP contribution in [0.25, 0.3) is 0 Å². The van der Waals surface area contributed by atoms with Crippen molar-refractivity contribution in [3.63, 3.8) is 0 Å². The number of amides is 3. The van der Waals surface area contributed by atoms with Gasteiger partial charge in [-0.15, -0.1) is 0 Å². The van der Waals surface area contributed by atoms with Gasteiger partial charge in [0, 0.05) is 44.6 Å². The largest absolute Gasteiger partial charge is 0.376 e. The zero-order chi connectivity index (χ0) is 26.0. The summed E-state index contributed by atoms with van der Waals surface area (Å²) in [6, 6.07) is 13.5. The van der Waals surface area contributed by atoms with Crippen molar-refractivity contribution >= 4 is 29.3 Å². The van der Waals surface area contributed by atoms with Crippen molar-refractivity contribution in [2.75, 3.05) is 32.8 Å². The molecule has 2 aromatic rings. The Bertz CT molecular complexity index is 1160. The van der Waals surface area contributed by atoms with Gasteiger partial charge in [-0.3, -0.25) is 19.3 Å². The molecule has 2 aromatic carbocycles. The molecule has 196 valence electrons. The van der Waals surface area contributed by atoms with E-state index < -0.39 is 11.8 Å². The molecule has 0 aromatic heterocycles. The highest BCUT2D eigenvalue weighted by Gasteiger charge is 2.54. The summed E-state index contributed by atoms with van der Waals surface area (Å²) in [6.07, 6.45) is 2.69. The van der Waals surface area contributed by atoms with Crippen LogP contribution in [0, 0.1) is 6.92 Å². The zero-order valence-electron chi connectivity index (χ0n) is 21.0. The second-order valence-corrected chi connectivity index (χ2v) is 10.4. The van der Waals surface area contributed by atoms with Crippen LogP contribution in [-0.4, -0.2) is 78.2 Å². The van der Waals surface area contributed by atoms with E-state index in [0.29, 0.717) is 55.2 Å². The molecular formula is C28H32ClN3O5. The predicted molar refractivity (Wildman–Crippen MR) is 138 cm³/mol. The maximum atomic E-state index is 13.8. The highest BCUT2D eigenvalue weighted by molar-refractivity contribution is 6.33. The molecule has 0 aliphatic carbocycles. The fourth-order valence-electron chi connectivity index (χ4n) is 5.40. The van der Waals surface area contributed by atoms with E-state index >= 15 is 0 Å². The molecule has 3 heterocycles. The first kappa shape index (κ1) is 25.7.